The maximum Gasteiger partial charge on any atom is 0.416 e. The number of nitrogens with one attached hydrogen (secondary N) is 1. The summed E-state index contributed by atoms with van der Waals surface area (Å²) in [6, 6.07) is 11.4. The Labute approximate surface area is 169 Å². The minimum Gasteiger partial charge on any atom is -0.383 e. The summed E-state index contributed by atoms with van der Waals surface area (Å²) in [4.78, 5) is 15.0. The van der Waals surface area contributed by atoms with E-state index >= 15 is 0 Å². The van der Waals surface area contributed by atoms with Crippen molar-refractivity contribution >= 4 is 11.5 Å². The van der Waals surface area contributed by atoms with Crippen LogP contribution in [0.4, 0.5) is 18.9 Å². The van der Waals surface area contributed by atoms with Gasteiger partial charge in [0.25, 0.3) is 0 Å². The number of hydrogen-bond donors (Lipinski definition) is 1. The summed E-state index contributed by atoms with van der Waals surface area (Å²) >= 11 is 0. The van der Waals surface area contributed by atoms with Crippen LogP contribution in [0.1, 0.15) is 46.8 Å². The molecule has 0 bridgehead atoms. The summed E-state index contributed by atoms with van der Waals surface area (Å²) < 4.78 is 40.2. The van der Waals surface area contributed by atoms with E-state index in [4.69, 9.17) is 0 Å². The first-order valence-electron chi connectivity index (χ1n) is 10.0. The second-order valence-corrected chi connectivity index (χ2v) is 7.69. The SMILES string of the molecule is CCN1CCC[C@H]1CNc1cc(C(=O)Cc2cccc(C)c2)cc(C(F)(F)F)c1. The molecule has 1 N–H and O–H groups in total. The highest BCUT2D eigenvalue weighted by Gasteiger charge is 2.32. The van der Waals surface area contributed by atoms with Crippen LogP contribution in [-0.4, -0.2) is 36.4 Å². The fourth-order valence-electron chi connectivity index (χ4n) is 3.94. The molecule has 1 aliphatic rings. The van der Waals surface area contributed by atoms with Gasteiger partial charge < -0.3 is 5.32 Å². The molecule has 1 heterocycles. The van der Waals surface area contributed by atoms with E-state index in [1.165, 1.54) is 0 Å². The maximum absolute atomic E-state index is 13.4. The van der Waals surface area contributed by atoms with Crippen LogP contribution in [0, 0.1) is 6.92 Å². The third-order valence-corrected chi connectivity index (χ3v) is 5.48. The zero-order valence-electron chi connectivity index (χ0n) is 16.9. The molecule has 0 aliphatic carbocycles. The standard InChI is InChI=1S/C23H27F3N2O/c1-3-28-9-5-8-21(28)15-27-20-13-18(12-19(14-20)23(24,25)26)22(29)11-17-7-4-6-16(2)10-17/h4,6-7,10,12-14,21,27H,3,5,8-9,11,15H2,1-2H3/t21-/m0/s1. The lowest BCUT2D eigenvalue weighted by Gasteiger charge is -2.23. The molecule has 6 heteroatoms. The quantitative estimate of drug-likeness (QED) is 0.633. The zero-order valence-corrected chi connectivity index (χ0v) is 16.9. The van der Waals surface area contributed by atoms with Crippen molar-refractivity contribution in [3.05, 3.63) is 64.7 Å². The van der Waals surface area contributed by atoms with Crippen molar-refractivity contribution in [2.24, 2.45) is 0 Å². The smallest absolute Gasteiger partial charge is 0.383 e. The lowest BCUT2D eigenvalue weighted by molar-refractivity contribution is -0.137. The molecular weight excluding hydrogens is 377 g/mol. The predicted octanol–water partition coefficient (Wildman–Crippen LogP) is 5.34. The Hall–Kier alpha value is -2.34. The molecule has 1 aliphatic heterocycles. The molecule has 0 amide bonds. The number of carbonyl (C=O) groups is 1. The molecule has 2 aromatic carbocycles. The van der Waals surface area contributed by atoms with E-state index in [1.54, 1.807) is 6.07 Å². The van der Waals surface area contributed by atoms with Gasteiger partial charge in [-0.1, -0.05) is 36.8 Å². The number of Topliss-reactive ketones (excluding diaryl/α,β-unsaturated/α-hetero) is 1. The van der Waals surface area contributed by atoms with E-state index < -0.39 is 11.7 Å². The van der Waals surface area contributed by atoms with Gasteiger partial charge in [0.2, 0.25) is 0 Å². The van der Waals surface area contributed by atoms with Gasteiger partial charge in [-0.05, 0) is 56.6 Å². The van der Waals surface area contributed by atoms with E-state index in [1.807, 2.05) is 31.2 Å². The Balaban J connectivity index is 1.80. The monoisotopic (exact) mass is 404 g/mol. The molecule has 0 radical (unpaired) electrons. The van der Waals surface area contributed by atoms with Crippen LogP contribution in [0.5, 0.6) is 0 Å². The topological polar surface area (TPSA) is 32.3 Å². The van der Waals surface area contributed by atoms with Gasteiger partial charge in [-0.25, -0.2) is 0 Å². The average Bonchev–Trinajstić information content (AvgIpc) is 3.13. The number of halogens is 3. The van der Waals surface area contributed by atoms with Crippen LogP contribution < -0.4 is 5.32 Å². The summed E-state index contributed by atoms with van der Waals surface area (Å²) in [5.41, 5.74) is 1.44. The number of rotatable bonds is 7. The van der Waals surface area contributed by atoms with Crippen LogP contribution in [0.25, 0.3) is 0 Å². The molecule has 0 aromatic heterocycles. The Kier molecular flexibility index (Phi) is 6.63. The molecule has 1 atom stereocenters. The van der Waals surface area contributed by atoms with Crippen molar-refractivity contribution in [1.29, 1.82) is 0 Å². The average molecular weight is 404 g/mol. The highest BCUT2D eigenvalue weighted by atomic mass is 19.4. The van der Waals surface area contributed by atoms with Crippen LogP contribution in [0.15, 0.2) is 42.5 Å². The first-order valence-corrected chi connectivity index (χ1v) is 10.0. The number of nitrogens with zero attached hydrogens (tertiary/aromatic N) is 1. The maximum atomic E-state index is 13.4. The first kappa shape index (κ1) is 21.4. The zero-order chi connectivity index (χ0) is 21.0. The van der Waals surface area contributed by atoms with Crippen molar-refractivity contribution < 1.29 is 18.0 Å². The molecule has 29 heavy (non-hydrogen) atoms. The number of ketones is 1. The molecule has 3 rings (SSSR count). The summed E-state index contributed by atoms with van der Waals surface area (Å²) in [6.07, 6.45) is -2.30. The minimum absolute atomic E-state index is 0.0780. The van der Waals surface area contributed by atoms with Crippen molar-refractivity contribution in [2.45, 2.75) is 45.3 Å². The Morgan fingerprint density at radius 1 is 1.21 bits per heavy atom. The van der Waals surface area contributed by atoms with E-state index in [9.17, 15) is 18.0 Å². The van der Waals surface area contributed by atoms with E-state index in [2.05, 4.69) is 17.1 Å². The summed E-state index contributed by atoms with van der Waals surface area (Å²) in [7, 11) is 0. The largest absolute Gasteiger partial charge is 0.416 e. The Morgan fingerprint density at radius 3 is 2.69 bits per heavy atom. The lowest BCUT2D eigenvalue weighted by atomic mass is 9.99. The summed E-state index contributed by atoms with van der Waals surface area (Å²) in [6.45, 7) is 6.52. The summed E-state index contributed by atoms with van der Waals surface area (Å²) in [5.74, 6) is -0.319. The number of likely N-dealkylation sites (N-methyl/N-ethyl adjacent to an activating group) is 1. The Bertz CT molecular complexity index is 863. The number of aryl methyl sites for hydroxylation is 1. The molecule has 1 saturated heterocycles. The molecule has 3 nitrogen and oxygen atoms in total. The highest BCUT2D eigenvalue weighted by Crippen LogP contribution is 2.32. The Morgan fingerprint density at radius 2 is 2.00 bits per heavy atom. The number of likely N-dealkylation sites (tertiary alicyclic amines) is 1. The number of hydrogen-bond acceptors (Lipinski definition) is 3. The predicted molar refractivity (Wildman–Crippen MR) is 109 cm³/mol. The highest BCUT2D eigenvalue weighted by molar-refractivity contribution is 5.98. The molecule has 2 aromatic rings. The summed E-state index contributed by atoms with van der Waals surface area (Å²) in [5, 5.41) is 3.14. The molecule has 156 valence electrons. The van der Waals surface area contributed by atoms with Gasteiger partial charge in [-0.15, -0.1) is 0 Å². The molecule has 0 saturated carbocycles. The molecule has 0 unspecified atom stereocenters. The van der Waals surface area contributed by atoms with Crippen molar-refractivity contribution in [3.8, 4) is 0 Å². The molecular formula is C23H27F3N2O. The normalized spacial score (nSPS) is 17.5. The van der Waals surface area contributed by atoms with Crippen molar-refractivity contribution in [1.82, 2.24) is 4.90 Å². The minimum atomic E-state index is -4.50. The third-order valence-electron chi connectivity index (χ3n) is 5.48. The van der Waals surface area contributed by atoms with Gasteiger partial charge in [-0.2, -0.15) is 13.2 Å². The van der Waals surface area contributed by atoms with Gasteiger partial charge in [0.05, 0.1) is 5.56 Å². The van der Waals surface area contributed by atoms with Gasteiger partial charge in [0.1, 0.15) is 0 Å². The van der Waals surface area contributed by atoms with E-state index in [0.29, 0.717) is 18.3 Å². The van der Waals surface area contributed by atoms with Gasteiger partial charge in [0, 0.05) is 30.3 Å². The van der Waals surface area contributed by atoms with Gasteiger partial charge in [-0.3, -0.25) is 9.69 Å². The second-order valence-electron chi connectivity index (χ2n) is 7.69. The first-order chi connectivity index (χ1) is 13.8. The number of benzene rings is 2. The van der Waals surface area contributed by atoms with Crippen LogP contribution in [0.2, 0.25) is 0 Å². The lowest BCUT2D eigenvalue weighted by Crippen LogP contribution is -2.34. The van der Waals surface area contributed by atoms with Gasteiger partial charge in [0.15, 0.2) is 5.78 Å². The van der Waals surface area contributed by atoms with Gasteiger partial charge >= 0.3 is 6.18 Å². The fraction of sp³-hybridized carbons (Fsp3) is 0.435. The second kappa shape index (κ2) is 8.99. The van der Waals surface area contributed by atoms with Crippen LogP contribution >= 0.6 is 0 Å². The molecule has 0 spiro atoms. The number of anilines is 1. The van der Waals surface area contributed by atoms with Crippen LogP contribution in [0.3, 0.4) is 0 Å². The molecule has 1 fully saturated rings. The van der Waals surface area contributed by atoms with Crippen molar-refractivity contribution in [3.63, 3.8) is 0 Å². The van der Waals surface area contributed by atoms with E-state index in [-0.39, 0.29) is 17.8 Å². The number of alkyl halides is 3. The fourth-order valence-corrected chi connectivity index (χ4v) is 3.94. The number of carbonyl (C=O) groups excluding carboxylic acids is 1. The van der Waals surface area contributed by atoms with Crippen LogP contribution in [-0.2, 0) is 12.6 Å². The third kappa shape index (κ3) is 5.60. The van der Waals surface area contributed by atoms with Crippen molar-refractivity contribution in [2.75, 3.05) is 25.0 Å². The van der Waals surface area contributed by atoms with E-state index in [0.717, 1.165) is 49.2 Å².